The predicted octanol–water partition coefficient (Wildman–Crippen LogP) is 2.31. The number of ketones is 1. The molecule has 0 N–H and O–H groups in total. The van der Waals surface area contributed by atoms with E-state index in [9.17, 15) is 4.79 Å². The number of piperidine rings is 1. The van der Waals surface area contributed by atoms with Gasteiger partial charge in [0.2, 0.25) is 0 Å². The van der Waals surface area contributed by atoms with Crippen molar-refractivity contribution in [3.8, 4) is 0 Å². The Hall–Kier alpha value is -0.410. The van der Waals surface area contributed by atoms with Crippen LogP contribution in [0.4, 0.5) is 0 Å². The Morgan fingerprint density at radius 1 is 0.895 bits per heavy atom. The van der Waals surface area contributed by atoms with E-state index in [2.05, 4.69) is 9.80 Å². The zero-order valence-electron chi connectivity index (χ0n) is 12.1. The smallest absolute Gasteiger partial charge is 0.149 e. The van der Waals surface area contributed by atoms with E-state index >= 15 is 0 Å². The molecule has 0 bridgehead atoms. The molecule has 19 heavy (non-hydrogen) atoms. The summed E-state index contributed by atoms with van der Waals surface area (Å²) >= 11 is 0. The predicted molar refractivity (Wildman–Crippen MR) is 77.2 cm³/mol. The lowest BCUT2D eigenvalue weighted by Crippen LogP contribution is -2.55. The van der Waals surface area contributed by atoms with Crippen LogP contribution in [0.5, 0.6) is 0 Å². The first-order chi connectivity index (χ1) is 9.33. The van der Waals surface area contributed by atoms with Gasteiger partial charge in [-0.1, -0.05) is 25.7 Å². The second kappa shape index (κ2) is 6.36. The molecule has 3 nitrogen and oxygen atoms in total. The fourth-order valence-corrected chi connectivity index (χ4v) is 4.14. The molecule has 2 saturated heterocycles. The van der Waals surface area contributed by atoms with Crippen molar-refractivity contribution >= 4 is 5.78 Å². The molecule has 1 saturated carbocycles. The minimum absolute atomic E-state index is 0.387. The van der Waals surface area contributed by atoms with E-state index in [0.29, 0.717) is 11.7 Å². The first-order valence-corrected chi connectivity index (χ1v) is 8.32. The molecule has 3 aliphatic rings. The largest absolute Gasteiger partial charge is 0.298 e. The van der Waals surface area contributed by atoms with Crippen molar-refractivity contribution in [2.45, 2.75) is 57.4 Å². The van der Waals surface area contributed by atoms with Crippen LogP contribution in [0.1, 0.15) is 51.4 Å². The second-order valence-electron chi connectivity index (χ2n) is 6.72. The normalized spacial score (nSPS) is 31.1. The highest BCUT2D eigenvalue weighted by atomic mass is 16.1. The van der Waals surface area contributed by atoms with Gasteiger partial charge in [-0.05, 0) is 32.2 Å². The summed E-state index contributed by atoms with van der Waals surface area (Å²) in [6, 6.07) is 0.738. The molecule has 0 spiro atoms. The SMILES string of the molecule is O=C(CN1CCN2CCCCC2C1)C1CCCCC1. The Kier molecular flexibility index (Phi) is 4.54. The van der Waals surface area contributed by atoms with E-state index in [1.165, 1.54) is 51.6 Å². The summed E-state index contributed by atoms with van der Waals surface area (Å²) in [5, 5.41) is 0. The summed E-state index contributed by atoms with van der Waals surface area (Å²) in [4.78, 5) is 17.4. The summed E-state index contributed by atoms with van der Waals surface area (Å²) < 4.78 is 0. The highest BCUT2D eigenvalue weighted by Crippen LogP contribution is 2.26. The van der Waals surface area contributed by atoms with Crippen LogP contribution in [-0.2, 0) is 4.79 Å². The average Bonchev–Trinajstić information content (AvgIpc) is 2.48. The van der Waals surface area contributed by atoms with Gasteiger partial charge in [-0.2, -0.15) is 0 Å². The van der Waals surface area contributed by atoms with Crippen LogP contribution in [0.15, 0.2) is 0 Å². The number of Topliss-reactive ketones (excluding diaryl/α,β-unsaturated/α-hetero) is 1. The Labute approximate surface area is 117 Å². The molecule has 0 radical (unpaired) electrons. The fourth-order valence-electron chi connectivity index (χ4n) is 4.14. The van der Waals surface area contributed by atoms with Gasteiger partial charge >= 0.3 is 0 Å². The molecule has 1 atom stereocenters. The maximum Gasteiger partial charge on any atom is 0.149 e. The van der Waals surface area contributed by atoms with Crippen LogP contribution in [-0.4, -0.2) is 54.3 Å². The minimum atomic E-state index is 0.387. The molecule has 0 amide bonds. The number of hydrogen-bond donors (Lipinski definition) is 0. The number of carbonyl (C=O) groups excluding carboxylic acids is 1. The molecule has 0 aromatic heterocycles. The number of fused-ring (bicyclic) bond motifs is 1. The molecule has 2 aliphatic heterocycles. The topological polar surface area (TPSA) is 23.6 Å². The number of hydrogen-bond acceptors (Lipinski definition) is 3. The Morgan fingerprint density at radius 2 is 1.68 bits per heavy atom. The zero-order chi connectivity index (χ0) is 13.1. The molecular formula is C16H28N2O. The molecule has 0 aromatic carbocycles. The maximum atomic E-state index is 12.4. The number of nitrogens with zero attached hydrogens (tertiary/aromatic N) is 2. The monoisotopic (exact) mass is 264 g/mol. The van der Waals surface area contributed by atoms with Gasteiger partial charge in [-0.15, -0.1) is 0 Å². The van der Waals surface area contributed by atoms with E-state index in [1.807, 2.05) is 0 Å². The van der Waals surface area contributed by atoms with Gasteiger partial charge in [-0.3, -0.25) is 14.6 Å². The highest BCUT2D eigenvalue weighted by Gasteiger charge is 2.30. The maximum absolute atomic E-state index is 12.4. The Morgan fingerprint density at radius 3 is 2.53 bits per heavy atom. The van der Waals surface area contributed by atoms with Crippen LogP contribution in [0, 0.1) is 5.92 Å². The van der Waals surface area contributed by atoms with Crippen molar-refractivity contribution in [1.29, 1.82) is 0 Å². The molecule has 0 aromatic rings. The summed E-state index contributed by atoms with van der Waals surface area (Å²) in [5.74, 6) is 0.919. The van der Waals surface area contributed by atoms with Crippen LogP contribution in [0.2, 0.25) is 0 Å². The molecule has 1 aliphatic carbocycles. The van der Waals surface area contributed by atoms with Crippen molar-refractivity contribution in [3.63, 3.8) is 0 Å². The third-order valence-electron chi connectivity index (χ3n) is 5.36. The summed E-state index contributed by atoms with van der Waals surface area (Å²) in [6.45, 7) is 5.44. The van der Waals surface area contributed by atoms with Crippen LogP contribution in [0.3, 0.4) is 0 Å². The molecular weight excluding hydrogens is 236 g/mol. The number of piperazine rings is 1. The highest BCUT2D eigenvalue weighted by molar-refractivity contribution is 5.83. The van der Waals surface area contributed by atoms with Crippen molar-refractivity contribution in [3.05, 3.63) is 0 Å². The number of carbonyl (C=O) groups is 1. The molecule has 2 heterocycles. The second-order valence-corrected chi connectivity index (χ2v) is 6.72. The third-order valence-corrected chi connectivity index (χ3v) is 5.36. The lowest BCUT2D eigenvalue weighted by molar-refractivity contribution is -0.125. The molecule has 108 valence electrons. The van der Waals surface area contributed by atoms with Gasteiger partial charge in [0.25, 0.3) is 0 Å². The van der Waals surface area contributed by atoms with Crippen LogP contribution >= 0.6 is 0 Å². The van der Waals surface area contributed by atoms with Crippen molar-refractivity contribution in [1.82, 2.24) is 9.80 Å². The van der Waals surface area contributed by atoms with Gasteiger partial charge in [0, 0.05) is 31.6 Å². The van der Waals surface area contributed by atoms with Gasteiger partial charge in [0.15, 0.2) is 0 Å². The minimum Gasteiger partial charge on any atom is -0.298 e. The van der Waals surface area contributed by atoms with Gasteiger partial charge in [-0.25, -0.2) is 0 Å². The molecule has 3 heteroatoms. The zero-order valence-corrected chi connectivity index (χ0v) is 12.1. The van der Waals surface area contributed by atoms with Gasteiger partial charge < -0.3 is 0 Å². The fraction of sp³-hybridized carbons (Fsp3) is 0.938. The van der Waals surface area contributed by atoms with Crippen molar-refractivity contribution < 1.29 is 4.79 Å². The Bertz CT molecular complexity index is 312. The average molecular weight is 264 g/mol. The van der Waals surface area contributed by atoms with Gasteiger partial charge in [0.05, 0.1) is 6.54 Å². The quantitative estimate of drug-likeness (QED) is 0.781. The standard InChI is InChI=1S/C16H28N2O/c19-16(14-6-2-1-3-7-14)13-17-10-11-18-9-5-4-8-15(18)12-17/h14-15H,1-13H2. The Balaban J connectivity index is 1.48. The van der Waals surface area contributed by atoms with Crippen LogP contribution in [0.25, 0.3) is 0 Å². The van der Waals surface area contributed by atoms with Crippen LogP contribution < -0.4 is 0 Å². The lowest BCUT2D eigenvalue weighted by atomic mass is 9.86. The van der Waals surface area contributed by atoms with E-state index < -0.39 is 0 Å². The lowest BCUT2D eigenvalue weighted by Gasteiger charge is -2.44. The van der Waals surface area contributed by atoms with E-state index in [4.69, 9.17) is 0 Å². The third kappa shape index (κ3) is 3.38. The van der Waals surface area contributed by atoms with Crippen molar-refractivity contribution in [2.75, 3.05) is 32.7 Å². The first kappa shape index (κ1) is 13.6. The van der Waals surface area contributed by atoms with Gasteiger partial charge in [0.1, 0.15) is 5.78 Å². The molecule has 1 unspecified atom stereocenters. The molecule has 3 rings (SSSR count). The summed E-state index contributed by atoms with van der Waals surface area (Å²) in [5.41, 5.74) is 0. The van der Waals surface area contributed by atoms with E-state index in [1.54, 1.807) is 0 Å². The van der Waals surface area contributed by atoms with Crippen molar-refractivity contribution in [2.24, 2.45) is 5.92 Å². The van der Waals surface area contributed by atoms with E-state index in [0.717, 1.165) is 38.5 Å². The number of rotatable bonds is 3. The van der Waals surface area contributed by atoms with E-state index in [-0.39, 0.29) is 0 Å². The summed E-state index contributed by atoms with van der Waals surface area (Å²) in [6.07, 6.45) is 10.3. The molecule has 3 fully saturated rings. The first-order valence-electron chi connectivity index (χ1n) is 8.32. The summed E-state index contributed by atoms with van der Waals surface area (Å²) in [7, 11) is 0.